The van der Waals surface area contributed by atoms with Crippen molar-refractivity contribution in [1.82, 2.24) is 5.16 Å². The Balaban J connectivity index is 1.66. The molecule has 2 aromatic carbocycles. The summed E-state index contributed by atoms with van der Waals surface area (Å²) in [5.41, 5.74) is 2.17. The highest BCUT2D eigenvalue weighted by Crippen LogP contribution is 2.17. The molecule has 106 valence electrons. The molecule has 3 rings (SSSR count). The average Bonchev–Trinajstić information content (AvgIpc) is 2.88. The SMILES string of the molecule is Cc1c(C=O)noc1COCc1ccc2ccccc2c1. The topological polar surface area (TPSA) is 52.3 Å². The predicted molar refractivity (Wildman–Crippen MR) is 79.1 cm³/mol. The van der Waals surface area contributed by atoms with E-state index in [9.17, 15) is 4.79 Å². The molecule has 0 aliphatic heterocycles. The van der Waals surface area contributed by atoms with Gasteiger partial charge >= 0.3 is 0 Å². The number of hydrogen-bond donors (Lipinski definition) is 0. The quantitative estimate of drug-likeness (QED) is 0.670. The maximum absolute atomic E-state index is 10.7. The summed E-state index contributed by atoms with van der Waals surface area (Å²) in [5.74, 6) is 0.595. The number of ether oxygens (including phenoxy) is 1. The summed E-state index contributed by atoms with van der Waals surface area (Å²) in [5, 5.41) is 6.08. The molecule has 21 heavy (non-hydrogen) atoms. The minimum absolute atomic E-state index is 0.305. The van der Waals surface area contributed by atoms with Crippen molar-refractivity contribution in [3.63, 3.8) is 0 Å². The number of aldehydes is 1. The highest BCUT2D eigenvalue weighted by atomic mass is 16.5. The van der Waals surface area contributed by atoms with Gasteiger partial charge in [-0.2, -0.15) is 0 Å². The van der Waals surface area contributed by atoms with Gasteiger partial charge in [0, 0.05) is 5.56 Å². The van der Waals surface area contributed by atoms with Crippen LogP contribution in [-0.2, 0) is 18.0 Å². The summed E-state index contributed by atoms with van der Waals surface area (Å²) in [7, 11) is 0. The Labute approximate surface area is 122 Å². The van der Waals surface area contributed by atoms with E-state index in [0.29, 0.717) is 31.0 Å². The molecule has 4 heteroatoms. The first-order valence-corrected chi connectivity index (χ1v) is 6.73. The molecule has 0 aliphatic carbocycles. The Morgan fingerprint density at radius 3 is 2.71 bits per heavy atom. The van der Waals surface area contributed by atoms with E-state index in [0.717, 1.165) is 11.1 Å². The molecule has 0 radical (unpaired) electrons. The molecule has 3 aromatic rings. The minimum atomic E-state index is 0.305. The van der Waals surface area contributed by atoms with Crippen LogP contribution in [0.1, 0.15) is 27.4 Å². The molecule has 1 heterocycles. The molecule has 0 unspecified atom stereocenters. The van der Waals surface area contributed by atoms with Crippen molar-refractivity contribution in [3.05, 3.63) is 65.0 Å². The standard InChI is InChI=1S/C17H15NO3/c1-12-16(9-19)18-21-17(12)11-20-10-13-6-7-14-4-2-3-5-15(14)8-13/h2-9H,10-11H2,1H3. The zero-order valence-corrected chi connectivity index (χ0v) is 11.7. The first kappa shape index (κ1) is 13.5. The van der Waals surface area contributed by atoms with E-state index in [1.54, 1.807) is 6.92 Å². The largest absolute Gasteiger partial charge is 0.369 e. The molecule has 0 atom stereocenters. The lowest BCUT2D eigenvalue weighted by molar-refractivity contribution is 0.0878. The van der Waals surface area contributed by atoms with Crippen LogP contribution in [0.3, 0.4) is 0 Å². The monoisotopic (exact) mass is 281 g/mol. The van der Waals surface area contributed by atoms with Gasteiger partial charge in [0.15, 0.2) is 12.0 Å². The molecule has 4 nitrogen and oxygen atoms in total. The van der Waals surface area contributed by atoms with Gasteiger partial charge in [-0.05, 0) is 29.3 Å². The second-order valence-electron chi connectivity index (χ2n) is 4.91. The third-order valence-corrected chi connectivity index (χ3v) is 3.48. The number of carbonyl (C=O) groups excluding carboxylic acids is 1. The molecule has 0 fully saturated rings. The summed E-state index contributed by atoms with van der Waals surface area (Å²) in [4.78, 5) is 10.7. The van der Waals surface area contributed by atoms with E-state index >= 15 is 0 Å². The van der Waals surface area contributed by atoms with Gasteiger partial charge < -0.3 is 9.26 Å². The third-order valence-electron chi connectivity index (χ3n) is 3.48. The molecule has 1 aromatic heterocycles. The second kappa shape index (κ2) is 5.89. The minimum Gasteiger partial charge on any atom is -0.369 e. The predicted octanol–water partition coefficient (Wildman–Crippen LogP) is 3.67. The van der Waals surface area contributed by atoms with Gasteiger partial charge in [0.25, 0.3) is 0 Å². The fraction of sp³-hybridized carbons (Fsp3) is 0.176. The summed E-state index contributed by atoms with van der Waals surface area (Å²) in [6.45, 7) is 2.59. The summed E-state index contributed by atoms with van der Waals surface area (Å²) in [6.07, 6.45) is 0.686. The van der Waals surface area contributed by atoms with Crippen LogP contribution in [0.5, 0.6) is 0 Å². The molecule has 0 bridgehead atoms. The van der Waals surface area contributed by atoms with Crippen LogP contribution in [0.2, 0.25) is 0 Å². The molecule has 0 amide bonds. The van der Waals surface area contributed by atoms with Crippen molar-refractivity contribution in [2.24, 2.45) is 0 Å². The van der Waals surface area contributed by atoms with Crippen LogP contribution in [0.4, 0.5) is 0 Å². The summed E-state index contributed by atoms with van der Waals surface area (Å²) >= 11 is 0. The molecule has 0 saturated heterocycles. The molecule has 0 aliphatic rings. The first-order valence-electron chi connectivity index (χ1n) is 6.73. The van der Waals surface area contributed by atoms with Crippen molar-refractivity contribution in [2.45, 2.75) is 20.1 Å². The van der Waals surface area contributed by atoms with Crippen LogP contribution in [-0.4, -0.2) is 11.4 Å². The maximum atomic E-state index is 10.7. The van der Waals surface area contributed by atoms with Gasteiger partial charge in [-0.3, -0.25) is 4.79 Å². The molecular weight excluding hydrogens is 266 g/mol. The van der Waals surface area contributed by atoms with Crippen molar-refractivity contribution in [1.29, 1.82) is 0 Å². The Morgan fingerprint density at radius 1 is 1.14 bits per heavy atom. The van der Waals surface area contributed by atoms with Crippen LogP contribution < -0.4 is 0 Å². The zero-order valence-electron chi connectivity index (χ0n) is 11.7. The summed E-state index contributed by atoms with van der Waals surface area (Å²) in [6, 6.07) is 14.4. The lowest BCUT2D eigenvalue weighted by Gasteiger charge is -2.05. The van der Waals surface area contributed by atoms with Crippen molar-refractivity contribution in [3.8, 4) is 0 Å². The second-order valence-corrected chi connectivity index (χ2v) is 4.91. The highest BCUT2D eigenvalue weighted by molar-refractivity contribution is 5.82. The molecule has 0 spiro atoms. The number of rotatable bonds is 5. The lowest BCUT2D eigenvalue weighted by atomic mass is 10.1. The van der Waals surface area contributed by atoms with Crippen LogP contribution in [0.15, 0.2) is 47.0 Å². The fourth-order valence-electron chi connectivity index (χ4n) is 2.22. The van der Waals surface area contributed by atoms with Gasteiger partial charge in [0.05, 0.1) is 6.61 Å². The van der Waals surface area contributed by atoms with Gasteiger partial charge in [0.1, 0.15) is 12.3 Å². The van der Waals surface area contributed by atoms with E-state index in [2.05, 4.69) is 29.4 Å². The Bertz CT molecular complexity index is 777. The normalized spacial score (nSPS) is 10.9. The van der Waals surface area contributed by atoms with Crippen molar-refractivity contribution < 1.29 is 14.1 Å². The summed E-state index contributed by atoms with van der Waals surface area (Å²) < 4.78 is 10.7. The smallest absolute Gasteiger partial charge is 0.172 e. The first-order chi connectivity index (χ1) is 10.3. The van der Waals surface area contributed by atoms with E-state index in [-0.39, 0.29) is 0 Å². The molecule has 0 saturated carbocycles. The lowest BCUT2D eigenvalue weighted by Crippen LogP contribution is -1.95. The Kier molecular flexibility index (Phi) is 3.79. The van der Waals surface area contributed by atoms with Crippen molar-refractivity contribution >= 4 is 17.1 Å². The van der Waals surface area contributed by atoms with Crippen molar-refractivity contribution in [2.75, 3.05) is 0 Å². The van der Waals surface area contributed by atoms with Gasteiger partial charge in [-0.15, -0.1) is 0 Å². The number of nitrogens with zero attached hydrogens (tertiary/aromatic N) is 1. The highest BCUT2D eigenvalue weighted by Gasteiger charge is 2.10. The average molecular weight is 281 g/mol. The maximum Gasteiger partial charge on any atom is 0.172 e. The van der Waals surface area contributed by atoms with Gasteiger partial charge in [-0.1, -0.05) is 41.6 Å². The molecule has 0 N–H and O–H groups in total. The number of aromatic nitrogens is 1. The third kappa shape index (κ3) is 2.85. The number of benzene rings is 2. The zero-order chi connectivity index (χ0) is 14.7. The molecular formula is C17H15NO3. The number of carbonyl (C=O) groups is 1. The Hall–Kier alpha value is -2.46. The van der Waals surface area contributed by atoms with Crippen LogP contribution >= 0.6 is 0 Å². The fourth-order valence-corrected chi connectivity index (χ4v) is 2.22. The van der Waals surface area contributed by atoms with Gasteiger partial charge in [0.2, 0.25) is 0 Å². The van der Waals surface area contributed by atoms with E-state index < -0.39 is 0 Å². The van der Waals surface area contributed by atoms with E-state index in [1.165, 1.54) is 10.8 Å². The Morgan fingerprint density at radius 2 is 1.95 bits per heavy atom. The van der Waals surface area contributed by atoms with E-state index in [4.69, 9.17) is 9.26 Å². The number of hydrogen-bond acceptors (Lipinski definition) is 4. The number of fused-ring (bicyclic) bond motifs is 1. The van der Waals surface area contributed by atoms with Crippen LogP contribution in [0.25, 0.3) is 10.8 Å². The van der Waals surface area contributed by atoms with Crippen LogP contribution in [0, 0.1) is 6.92 Å². The van der Waals surface area contributed by atoms with E-state index in [1.807, 2.05) is 18.2 Å². The van der Waals surface area contributed by atoms with Gasteiger partial charge in [-0.25, -0.2) is 0 Å².